The molecular weight excluding hydrogens is 374 g/mol. The third kappa shape index (κ3) is 3.14. The van der Waals surface area contributed by atoms with Crippen LogP contribution >= 0.6 is 0 Å². The van der Waals surface area contributed by atoms with Crippen LogP contribution in [0.5, 0.6) is 0 Å². The van der Waals surface area contributed by atoms with Crippen LogP contribution in [-0.4, -0.2) is 43.6 Å². The summed E-state index contributed by atoms with van der Waals surface area (Å²) in [5.41, 5.74) is 5.23. The van der Waals surface area contributed by atoms with Crippen LogP contribution in [0.3, 0.4) is 0 Å². The molecule has 5 aromatic rings. The van der Waals surface area contributed by atoms with Gasteiger partial charge in [0.15, 0.2) is 11.3 Å². The van der Waals surface area contributed by atoms with Crippen LogP contribution in [0.4, 0.5) is 5.82 Å². The van der Waals surface area contributed by atoms with Crippen molar-refractivity contribution >= 4 is 28.0 Å². The molecule has 30 heavy (non-hydrogen) atoms. The number of benzene rings is 1. The van der Waals surface area contributed by atoms with Gasteiger partial charge in [0.05, 0.1) is 29.8 Å². The van der Waals surface area contributed by atoms with Crippen LogP contribution < -0.4 is 4.90 Å². The van der Waals surface area contributed by atoms with E-state index >= 15 is 0 Å². The van der Waals surface area contributed by atoms with Crippen LogP contribution in [0, 0.1) is 0 Å². The first-order valence-corrected chi connectivity index (χ1v) is 9.78. The van der Waals surface area contributed by atoms with Gasteiger partial charge in [-0.1, -0.05) is 12.1 Å². The van der Waals surface area contributed by atoms with Crippen LogP contribution in [-0.2, 0) is 0 Å². The van der Waals surface area contributed by atoms with E-state index in [1.54, 1.807) is 12.5 Å². The lowest BCUT2D eigenvalue weighted by Crippen LogP contribution is -2.10. The maximum absolute atomic E-state index is 4.86. The molecule has 0 saturated carbocycles. The topological polar surface area (TPSA) is 72.6 Å². The van der Waals surface area contributed by atoms with Gasteiger partial charge in [0, 0.05) is 37.4 Å². The molecule has 1 aromatic carbocycles. The molecule has 7 nitrogen and oxygen atoms in total. The highest BCUT2D eigenvalue weighted by atomic mass is 15.2. The van der Waals surface area contributed by atoms with E-state index in [2.05, 4.69) is 55.7 Å². The molecule has 4 heterocycles. The molecular formula is C23H21N7. The summed E-state index contributed by atoms with van der Waals surface area (Å²) < 4.78 is 2.06. The highest BCUT2D eigenvalue weighted by Crippen LogP contribution is 2.26. The summed E-state index contributed by atoms with van der Waals surface area (Å²) in [6.07, 6.45) is 7.19. The Balaban J connectivity index is 1.55. The van der Waals surface area contributed by atoms with Crippen molar-refractivity contribution in [2.24, 2.45) is 0 Å². The third-order valence-corrected chi connectivity index (χ3v) is 5.31. The Labute approximate surface area is 174 Å². The molecule has 0 bridgehead atoms. The second-order valence-electron chi connectivity index (χ2n) is 7.49. The Morgan fingerprint density at radius 3 is 2.63 bits per heavy atom. The molecule has 0 amide bonds. The Morgan fingerprint density at radius 2 is 1.83 bits per heavy atom. The zero-order valence-electron chi connectivity index (χ0n) is 17.1. The Hall–Kier alpha value is -3.87. The molecule has 0 aliphatic heterocycles. The second-order valence-corrected chi connectivity index (χ2v) is 7.49. The molecule has 0 fully saturated rings. The summed E-state index contributed by atoms with van der Waals surface area (Å²) >= 11 is 0. The average molecular weight is 395 g/mol. The fraction of sp³-hybridized carbons (Fsp3) is 0.174. The van der Waals surface area contributed by atoms with Crippen LogP contribution in [0.1, 0.15) is 18.5 Å². The maximum Gasteiger partial charge on any atom is 0.197 e. The first-order chi connectivity index (χ1) is 14.6. The van der Waals surface area contributed by atoms with Crippen molar-refractivity contribution in [2.75, 3.05) is 19.0 Å². The summed E-state index contributed by atoms with van der Waals surface area (Å²) in [7, 11) is 3.94. The average Bonchev–Trinajstić information content (AvgIpc) is 3.21. The highest BCUT2D eigenvalue weighted by molar-refractivity contribution is 5.79. The zero-order valence-corrected chi connectivity index (χ0v) is 17.1. The fourth-order valence-electron chi connectivity index (χ4n) is 3.55. The number of fused-ring (bicyclic) bond motifs is 2. The molecule has 0 saturated heterocycles. The summed E-state index contributed by atoms with van der Waals surface area (Å²) in [5, 5.41) is 1.12. The number of imidazole rings is 1. The van der Waals surface area contributed by atoms with E-state index in [1.165, 1.54) is 5.56 Å². The molecule has 4 aromatic heterocycles. The molecule has 0 aliphatic carbocycles. The van der Waals surface area contributed by atoms with Crippen molar-refractivity contribution in [2.45, 2.75) is 13.0 Å². The molecule has 0 spiro atoms. The number of nitrogens with zero attached hydrogens (tertiary/aromatic N) is 7. The van der Waals surface area contributed by atoms with E-state index < -0.39 is 0 Å². The molecule has 1 atom stereocenters. The van der Waals surface area contributed by atoms with E-state index in [0.29, 0.717) is 5.65 Å². The normalized spacial score (nSPS) is 12.4. The van der Waals surface area contributed by atoms with Gasteiger partial charge in [-0.2, -0.15) is 0 Å². The predicted molar refractivity (Wildman–Crippen MR) is 118 cm³/mol. The van der Waals surface area contributed by atoms with E-state index in [0.717, 1.165) is 33.6 Å². The standard InChI is InChI=1S/C23H21N7/c1-15(16-6-8-19-17(11-16)5-4-10-24-19)30-14-27-22-23(30)28-20(13-26-22)18-7-9-21(25-12-18)29(2)3/h4-15H,1-3H3. The molecule has 0 radical (unpaired) electrons. The van der Waals surface area contributed by atoms with Crippen molar-refractivity contribution < 1.29 is 0 Å². The summed E-state index contributed by atoms with van der Waals surface area (Å²) in [6.45, 7) is 2.14. The van der Waals surface area contributed by atoms with Crippen molar-refractivity contribution in [3.8, 4) is 11.3 Å². The molecule has 148 valence electrons. The van der Waals surface area contributed by atoms with Gasteiger partial charge in [0.2, 0.25) is 0 Å². The van der Waals surface area contributed by atoms with Crippen molar-refractivity contribution in [3.05, 3.63) is 72.9 Å². The minimum atomic E-state index is 0.0541. The molecule has 1 unspecified atom stereocenters. The molecule has 0 aliphatic rings. The lowest BCUT2D eigenvalue weighted by molar-refractivity contribution is 0.653. The highest BCUT2D eigenvalue weighted by Gasteiger charge is 2.15. The monoisotopic (exact) mass is 395 g/mol. The van der Waals surface area contributed by atoms with E-state index in [-0.39, 0.29) is 6.04 Å². The number of hydrogen-bond acceptors (Lipinski definition) is 6. The van der Waals surface area contributed by atoms with Gasteiger partial charge >= 0.3 is 0 Å². The lowest BCUT2D eigenvalue weighted by atomic mass is 10.1. The number of rotatable bonds is 4. The molecule has 0 N–H and O–H groups in total. The Kier molecular flexibility index (Phi) is 4.35. The molecule has 5 rings (SSSR count). The predicted octanol–water partition coefficient (Wildman–Crippen LogP) is 4.11. The maximum atomic E-state index is 4.86. The van der Waals surface area contributed by atoms with Crippen LogP contribution in [0.25, 0.3) is 33.5 Å². The van der Waals surface area contributed by atoms with Gasteiger partial charge in [-0.3, -0.25) is 4.98 Å². The number of hydrogen-bond donors (Lipinski definition) is 0. The summed E-state index contributed by atoms with van der Waals surface area (Å²) in [6, 6.07) is 14.4. The van der Waals surface area contributed by atoms with E-state index in [4.69, 9.17) is 4.98 Å². The van der Waals surface area contributed by atoms with Gasteiger partial charge in [-0.05, 0) is 42.8 Å². The summed E-state index contributed by atoms with van der Waals surface area (Å²) in [4.78, 5) is 24.7. The second kappa shape index (κ2) is 7.18. The molecule has 7 heteroatoms. The minimum Gasteiger partial charge on any atom is -0.363 e. The Bertz CT molecular complexity index is 1340. The summed E-state index contributed by atoms with van der Waals surface area (Å²) in [5.74, 6) is 0.900. The fourth-order valence-corrected chi connectivity index (χ4v) is 3.55. The van der Waals surface area contributed by atoms with Crippen molar-refractivity contribution in [1.29, 1.82) is 0 Å². The van der Waals surface area contributed by atoms with Gasteiger partial charge in [-0.25, -0.2) is 19.9 Å². The number of aromatic nitrogens is 6. The van der Waals surface area contributed by atoms with Gasteiger partial charge in [0.1, 0.15) is 5.82 Å². The van der Waals surface area contributed by atoms with Gasteiger partial charge < -0.3 is 9.47 Å². The largest absolute Gasteiger partial charge is 0.363 e. The van der Waals surface area contributed by atoms with Crippen molar-refractivity contribution in [3.63, 3.8) is 0 Å². The first kappa shape index (κ1) is 18.2. The van der Waals surface area contributed by atoms with Crippen LogP contribution in [0.15, 0.2) is 67.4 Å². The zero-order chi connectivity index (χ0) is 20.7. The third-order valence-electron chi connectivity index (χ3n) is 5.31. The van der Waals surface area contributed by atoms with Gasteiger partial charge in [-0.15, -0.1) is 0 Å². The SMILES string of the molecule is CC(c1ccc2ncccc2c1)n1cnc2ncc(-c3ccc(N(C)C)nc3)nc21. The quantitative estimate of drug-likeness (QED) is 0.456. The van der Waals surface area contributed by atoms with E-state index in [9.17, 15) is 0 Å². The van der Waals surface area contributed by atoms with Crippen molar-refractivity contribution in [1.82, 2.24) is 29.5 Å². The van der Waals surface area contributed by atoms with Crippen LogP contribution in [0.2, 0.25) is 0 Å². The number of anilines is 1. The minimum absolute atomic E-state index is 0.0541. The Morgan fingerprint density at radius 1 is 0.933 bits per heavy atom. The first-order valence-electron chi connectivity index (χ1n) is 9.78. The van der Waals surface area contributed by atoms with Gasteiger partial charge in [0.25, 0.3) is 0 Å². The smallest absolute Gasteiger partial charge is 0.197 e. The lowest BCUT2D eigenvalue weighted by Gasteiger charge is -2.15. The van der Waals surface area contributed by atoms with E-state index in [1.807, 2.05) is 49.6 Å². The number of pyridine rings is 2.